The van der Waals surface area contributed by atoms with Gasteiger partial charge in [0.1, 0.15) is 0 Å². The lowest BCUT2D eigenvalue weighted by Crippen LogP contribution is -2.18. The first-order valence-electron chi connectivity index (χ1n) is 4.88. The number of hydrogen-bond donors (Lipinski definition) is 1. The molecule has 0 amide bonds. The van der Waals surface area contributed by atoms with Crippen molar-refractivity contribution in [3.05, 3.63) is 36.0 Å². The van der Waals surface area contributed by atoms with Gasteiger partial charge in [-0.25, -0.2) is 0 Å². The summed E-state index contributed by atoms with van der Waals surface area (Å²) in [6, 6.07) is 3.65. The van der Waals surface area contributed by atoms with Gasteiger partial charge in [0.05, 0.1) is 11.3 Å². The van der Waals surface area contributed by atoms with Crippen LogP contribution in [0.3, 0.4) is 0 Å². The van der Waals surface area contributed by atoms with Crippen LogP contribution in [0, 0.1) is 0 Å². The van der Waals surface area contributed by atoms with E-state index in [1.165, 1.54) is 12.1 Å². The van der Waals surface area contributed by atoms with E-state index in [2.05, 4.69) is 0 Å². The van der Waals surface area contributed by atoms with Gasteiger partial charge in [-0.1, -0.05) is 6.08 Å². The van der Waals surface area contributed by atoms with Crippen molar-refractivity contribution in [3.63, 3.8) is 0 Å². The van der Waals surface area contributed by atoms with Gasteiger partial charge >= 0.3 is 6.18 Å². The lowest BCUT2D eigenvalue weighted by atomic mass is 10.1. The molecular formula is C11H11F3N2. The first kappa shape index (κ1) is 10.9. The minimum atomic E-state index is -4.35. The molecule has 5 heteroatoms. The number of alkyl halides is 3. The zero-order valence-electron chi connectivity index (χ0n) is 8.46. The maximum absolute atomic E-state index is 12.7. The average Bonchev–Trinajstić information content (AvgIpc) is 2.68. The molecule has 86 valence electrons. The van der Waals surface area contributed by atoms with E-state index in [9.17, 15) is 13.2 Å². The van der Waals surface area contributed by atoms with E-state index in [0.717, 1.165) is 12.5 Å². The van der Waals surface area contributed by atoms with Gasteiger partial charge in [0.15, 0.2) is 0 Å². The van der Waals surface area contributed by atoms with E-state index in [4.69, 9.17) is 5.73 Å². The Morgan fingerprint density at radius 2 is 2.00 bits per heavy atom. The molecule has 0 aromatic heterocycles. The van der Waals surface area contributed by atoms with E-state index < -0.39 is 11.7 Å². The van der Waals surface area contributed by atoms with Crippen LogP contribution < -0.4 is 10.6 Å². The van der Waals surface area contributed by atoms with E-state index in [1.54, 1.807) is 11.1 Å². The second-order valence-electron chi connectivity index (χ2n) is 3.64. The largest absolute Gasteiger partial charge is 0.418 e. The first-order chi connectivity index (χ1) is 7.48. The lowest BCUT2D eigenvalue weighted by Gasteiger charge is -2.21. The van der Waals surface area contributed by atoms with Gasteiger partial charge in [-0.3, -0.25) is 0 Å². The number of hydrogen-bond acceptors (Lipinski definition) is 2. The van der Waals surface area contributed by atoms with Crippen LogP contribution in [-0.4, -0.2) is 6.54 Å². The third-order valence-corrected chi connectivity index (χ3v) is 2.46. The molecule has 0 aliphatic carbocycles. The molecule has 0 atom stereocenters. The summed E-state index contributed by atoms with van der Waals surface area (Å²) in [7, 11) is 0. The molecule has 2 N–H and O–H groups in total. The third kappa shape index (κ3) is 1.98. The summed E-state index contributed by atoms with van der Waals surface area (Å²) in [6.45, 7) is 0.562. The molecule has 1 aliphatic heterocycles. The zero-order valence-corrected chi connectivity index (χ0v) is 8.46. The van der Waals surface area contributed by atoms with Crippen molar-refractivity contribution in [1.82, 2.24) is 0 Å². The Morgan fingerprint density at radius 3 is 2.56 bits per heavy atom. The van der Waals surface area contributed by atoms with E-state index in [-0.39, 0.29) is 5.69 Å². The fraction of sp³-hybridized carbons (Fsp3) is 0.273. The minimum Gasteiger partial charge on any atom is -0.399 e. The summed E-state index contributed by atoms with van der Waals surface area (Å²) in [4.78, 5) is 1.57. The first-order valence-corrected chi connectivity index (χ1v) is 4.88. The fourth-order valence-electron chi connectivity index (χ4n) is 1.72. The number of nitrogen functional groups attached to an aromatic ring is 1. The van der Waals surface area contributed by atoms with E-state index in [0.29, 0.717) is 12.2 Å². The number of rotatable bonds is 1. The predicted molar refractivity (Wildman–Crippen MR) is 57.0 cm³/mol. The van der Waals surface area contributed by atoms with Crippen LogP contribution >= 0.6 is 0 Å². The topological polar surface area (TPSA) is 29.3 Å². The van der Waals surface area contributed by atoms with Gasteiger partial charge in [-0.15, -0.1) is 0 Å². The second-order valence-corrected chi connectivity index (χ2v) is 3.64. The number of nitrogens with zero attached hydrogens (tertiary/aromatic N) is 1. The highest BCUT2D eigenvalue weighted by atomic mass is 19.4. The Hall–Kier alpha value is -1.65. The molecule has 2 nitrogen and oxygen atoms in total. The van der Waals surface area contributed by atoms with Crippen LogP contribution in [0.2, 0.25) is 0 Å². The van der Waals surface area contributed by atoms with Crippen molar-refractivity contribution >= 4 is 11.4 Å². The fourth-order valence-corrected chi connectivity index (χ4v) is 1.72. The highest BCUT2D eigenvalue weighted by Crippen LogP contribution is 2.38. The third-order valence-electron chi connectivity index (χ3n) is 2.46. The molecule has 1 aromatic rings. The molecule has 1 aromatic carbocycles. The van der Waals surface area contributed by atoms with Crippen LogP contribution in [0.25, 0.3) is 0 Å². The monoisotopic (exact) mass is 228 g/mol. The maximum atomic E-state index is 12.7. The van der Waals surface area contributed by atoms with Crippen LogP contribution in [0.15, 0.2) is 30.5 Å². The summed E-state index contributed by atoms with van der Waals surface area (Å²) < 4.78 is 38.2. The Labute approximate surface area is 91.2 Å². The van der Waals surface area contributed by atoms with Crippen LogP contribution in [-0.2, 0) is 6.18 Å². The summed E-state index contributed by atoms with van der Waals surface area (Å²) in [5.74, 6) is 0. The van der Waals surface area contributed by atoms with Crippen LogP contribution in [0.4, 0.5) is 24.5 Å². The standard InChI is InChI=1S/C11H11F3N2/c12-11(13,14)9-4-3-8(15)7-10(9)16-5-1-2-6-16/h1,3-5,7H,2,6,15H2. The van der Waals surface area contributed by atoms with Crippen LogP contribution in [0.1, 0.15) is 12.0 Å². The van der Waals surface area contributed by atoms with Crippen LogP contribution in [0.5, 0.6) is 0 Å². The van der Waals surface area contributed by atoms with Crippen molar-refractivity contribution in [2.45, 2.75) is 12.6 Å². The Kier molecular flexibility index (Phi) is 2.53. The van der Waals surface area contributed by atoms with Gasteiger partial charge in [-0.2, -0.15) is 13.2 Å². The molecule has 0 unspecified atom stereocenters. The van der Waals surface area contributed by atoms with Gasteiger partial charge in [0.25, 0.3) is 0 Å². The Morgan fingerprint density at radius 1 is 1.25 bits per heavy atom. The molecule has 0 bridgehead atoms. The summed E-state index contributed by atoms with van der Waals surface area (Å²) >= 11 is 0. The average molecular weight is 228 g/mol. The zero-order chi connectivity index (χ0) is 11.8. The van der Waals surface area contributed by atoms with Gasteiger partial charge < -0.3 is 10.6 Å². The molecule has 2 rings (SSSR count). The summed E-state index contributed by atoms with van der Waals surface area (Å²) in [5.41, 5.74) is 5.34. The maximum Gasteiger partial charge on any atom is 0.418 e. The molecule has 0 saturated carbocycles. The molecule has 0 spiro atoms. The normalized spacial score (nSPS) is 15.8. The van der Waals surface area contributed by atoms with E-state index >= 15 is 0 Å². The molecule has 1 aliphatic rings. The van der Waals surface area contributed by atoms with Gasteiger partial charge in [0, 0.05) is 18.4 Å². The second kappa shape index (κ2) is 3.73. The SMILES string of the molecule is Nc1ccc(C(F)(F)F)c(N2C=CCC2)c1. The van der Waals surface area contributed by atoms with Crippen molar-refractivity contribution in [1.29, 1.82) is 0 Å². The number of benzene rings is 1. The minimum absolute atomic E-state index is 0.126. The van der Waals surface area contributed by atoms with Crippen molar-refractivity contribution in [3.8, 4) is 0 Å². The predicted octanol–water partition coefficient (Wildman–Crippen LogP) is 3.01. The summed E-state index contributed by atoms with van der Waals surface area (Å²) in [6.07, 6.45) is -0.0983. The van der Waals surface area contributed by atoms with E-state index in [1.807, 2.05) is 6.08 Å². The number of anilines is 2. The van der Waals surface area contributed by atoms with Crippen molar-refractivity contribution in [2.75, 3.05) is 17.2 Å². The molecule has 0 radical (unpaired) electrons. The molecule has 0 saturated heterocycles. The highest BCUT2D eigenvalue weighted by molar-refractivity contribution is 5.64. The molecule has 0 fully saturated rings. The quantitative estimate of drug-likeness (QED) is 0.748. The smallest absolute Gasteiger partial charge is 0.399 e. The molecule has 16 heavy (non-hydrogen) atoms. The molecular weight excluding hydrogens is 217 g/mol. The Balaban J connectivity index is 2.48. The Bertz CT molecular complexity index is 424. The van der Waals surface area contributed by atoms with Crippen molar-refractivity contribution in [2.24, 2.45) is 0 Å². The lowest BCUT2D eigenvalue weighted by molar-refractivity contribution is -0.137. The van der Waals surface area contributed by atoms with Crippen molar-refractivity contribution < 1.29 is 13.2 Å². The highest BCUT2D eigenvalue weighted by Gasteiger charge is 2.34. The molecule has 1 heterocycles. The number of halogens is 3. The van der Waals surface area contributed by atoms with Gasteiger partial charge in [0.2, 0.25) is 0 Å². The number of nitrogens with two attached hydrogens (primary N) is 1. The summed E-state index contributed by atoms with van der Waals surface area (Å²) in [5, 5.41) is 0. The van der Waals surface area contributed by atoms with Gasteiger partial charge in [-0.05, 0) is 24.6 Å².